The van der Waals surface area contributed by atoms with Crippen molar-refractivity contribution >= 4 is 34.1 Å². The monoisotopic (exact) mass is 534 g/mol. The number of ether oxygens (including phenoxy) is 1. The number of methoxy groups -OCH3 is 1. The summed E-state index contributed by atoms with van der Waals surface area (Å²) in [6.07, 6.45) is 1.36. The molecule has 1 aromatic heterocycles. The maximum atomic E-state index is 12.3. The molecule has 0 spiro atoms. The molecule has 5 aromatic carbocycles. The van der Waals surface area contributed by atoms with Gasteiger partial charge in [-0.05, 0) is 81.9 Å². The van der Waals surface area contributed by atoms with Gasteiger partial charge in [0.15, 0.2) is 0 Å². The lowest BCUT2D eigenvalue weighted by atomic mass is 9.82. The van der Waals surface area contributed by atoms with Crippen molar-refractivity contribution in [3.63, 3.8) is 0 Å². The number of aromatic nitrogens is 1. The van der Waals surface area contributed by atoms with Gasteiger partial charge in [-0.15, -0.1) is 0 Å². The normalized spacial score (nSPS) is 13.0. The molecule has 1 aliphatic carbocycles. The van der Waals surface area contributed by atoms with Gasteiger partial charge < -0.3 is 9.64 Å². The van der Waals surface area contributed by atoms with Crippen LogP contribution in [0.4, 0.5) is 21.9 Å². The van der Waals surface area contributed by atoms with Crippen molar-refractivity contribution in [1.29, 1.82) is 0 Å². The van der Waals surface area contributed by atoms with Crippen LogP contribution in [0.3, 0.4) is 0 Å². The third-order valence-corrected chi connectivity index (χ3v) is 8.36. The highest BCUT2D eigenvalue weighted by Crippen LogP contribution is 2.50. The van der Waals surface area contributed by atoms with Crippen LogP contribution in [-0.2, 0) is 10.2 Å². The van der Waals surface area contributed by atoms with Crippen molar-refractivity contribution < 1.29 is 9.53 Å². The van der Waals surface area contributed by atoms with E-state index in [-0.39, 0.29) is 5.41 Å². The van der Waals surface area contributed by atoms with Crippen LogP contribution in [0.25, 0.3) is 33.2 Å². The zero-order valence-corrected chi connectivity index (χ0v) is 23.3. The Balaban J connectivity index is 1.38. The molecule has 6 aromatic rings. The van der Waals surface area contributed by atoms with Crippen LogP contribution >= 0.6 is 0 Å². The predicted octanol–water partition coefficient (Wildman–Crippen LogP) is 9.70. The first kappa shape index (κ1) is 24.9. The highest BCUT2D eigenvalue weighted by atomic mass is 16.5. The van der Waals surface area contributed by atoms with E-state index in [9.17, 15) is 4.79 Å². The number of carbonyl (C=O) groups excluding carboxylic acids is 1. The van der Waals surface area contributed by atoms with E-state index in [1.54, 1.807) is 6.20 Å². The molecule has 0 radical (unpaired) electrons. The van der Waals surface area contributed by atoms with Crippen molar-refractivity contribution in [3.8, 4) is 22.3 Å². The average molecular weight is 535 g/mol. The summed E-state index contributed by atoms with van der Waals surface area (Å²) in [6, 6.07) is 42.8. The van der Waals surface area contributed by atoms with E-state index in [0.717, 1.165) is 28.0 Å². The molecular formula is C37H30N2O2. The van der Waals surface area contributed by atoms with Gasteiger partial charge in [-0.1, -0.05) is 86.6 Å². The van der Waals surface area contributed by atoms with Gasteiger partial charge in [0.2, 0.25) is 0 Å². The number of fused-ring (bicyclic) bond motifs is 4. The Hall–Kier alpha value is -5.09. The summed E-state index contributed by atoms with van der Waals surface area (Å²) in [5, 5.41) is 0.965. The molecule has 0 aliphatic heterocycles. The lowest BCUT2D eigenvalue weighted by Crippen LogP contribution is -2.16. The number of benzene rings is 5. The Morgan fingerprint density at radius 3 is 2.07 bits per heavy atom. The van der Waals surface area contributed by atoms with E-state index >= 15 is 0 Å². The quantitative estimate of drug-likeness (QED) is 0.226. The zero-order chi connectivity index (χ0) is 28.1. The largest absolute Gasteiger partial charge is 0.452 e. The summed E-state index contributed by atoms with van der Waals surface area (Å²) >= 11 is 0. The van der Waals surface area contributed by atoms with E-state index in [0.29, 0.717) is 0 Å². The fourth-order valence-corrected chi connectivity index (χ4v) is 6.24. The summed E-state index contributed by atoms with van der Waals surface area (Å²) in [5.41, 5.74) is 11.5. The van der Waals surface area contributed by atoms with E-state index in [1.165, 1.54) is 45.1 Å². The smallest absolute Gasteiger partial charge is 0.418 e. The number of hydrogen-bond acceptors (Lipinski definition) is 3. The van der Waals surface area contributed by atoms with Crippen molar-refractivity contribution in [1.82, 2.24) is 4.57 Å². The Morgan fingerprint density at radius 2 is 1.29 bits per heavy atom. The standard InChI is InChI=1S/C37H30N2O2/c1-37(2)33-12-8-7-11-31(33)32-19-17-30(24-34(32)37)39(28-15-13-26(14-16-28)25-9-5-4-6-10-25)29-18-20-35-27(23-29)21-22-38(35)36(40)41-3/h4-24H,1-3H3. The second-order valence-electron chi connectivity index (χ2n) is 11.0. The molecule has 0 unspecified atom stereocenters. The molecule has 0 N–H and O–H groups in total. The minimum Gasteiger partial charge on any atom is -0.452 e. The predicted molar refractivity (Wildman–Crippen MR) is 167 cm³/mol. The SMILES string of the molecule is COC(=O)n1ccc2cc(N(c3ccc(-c4ccccc4)cc3)c3ccc4c(c3)C(C)(C)c3ccccc3-4)ccc21. The summed E-state index contributed by atoms with van der Waals surface area (Å²) in [7, 11) is 1.40. The molecule has 4 nitrogen and oxygen atoms in total. The van der Waals surface area contributed by atoms with Gasteiger partial charge in [0, 0.05) is 34.1 Å². The van der Waals surface area contributed by atoms with Crippen molar-refractivity contribution in [3.05, 3.63) is 139 Å². The van der Waals surface area contributed by atoms with Crippen molar-refractivity contribution in [2.45, 2.75) is 19.3 Å². The topological polar surface area (TPSA) is 34.5 Å². The number of carbonyl (C=O) groups is 1. The minimum atomic E-state index is -0.401. The van der Waals surface area contributed by atoms with Gasteiger partial charge in [0.25, 0.3) is 0 Å². The Kier molecular flexibility index (Phi) is 5.79. The van der Waals surface area contributed by atoms with Gasteiger partial charge in [0.1, 0.15) is 0 Å². The molecule has 0 saturated carbocycles. The first-order valence-electron chi connectivity index (χ1n) is 13.9. The fraction of sp³-hybridized carbons (Fsp3) is 0.108. The Labute approximate surface area is 240 Å². The molecule has 0 amide bonds. The number of rotatable bonds is 4. The second kappa shape index (κ2) is 9.53. The molecule has 41 heavy (non-hydrogen) atoms. The van der Waals surface area contributed by atoms with Crippen LogP contribution in [0.5, 0.6) is 0 Å². The van der Waals surface area contributed by atoms with Gasteiger partial charge in [-0.2, -0.15) is 0 Å². The highest BCUT2D eigenvalue weighted by Gasteiger charge is 2.35. The molecule has 0 bridgehead atoms. The second-order valence-corrected chi connectivity index (χ2v) is 11.0. The van der Waals surface area contributed by atoms with Crippen LogP contribution in [-0.4, -0.2) is 17.8 Å². The van der Waals surface area contributed by atoms with Gasteiger partial charge in [0.05, 0.1) is 12.6 Å². The third-order valence-electron chi connectivity index (χ3n) is 8.36. The van der Waals surface area contributed by atoms with Crippen molar-refractivity contribution in [2.75, 3.05) is 12.0 Å². The molecule has 0 fully saturated rings. The van der Waals surface area contributed by atoms with E-state index in [4.69, 9.17) is 4.74 Å². The lowest BCUT2D eigenvalue weighted by Gasteiger charge is -2.28. The molecule has 4 heteroatoms. The number of nitrogens with zero attached hydrogens (tertiary/aromatic N) is 2. The summed E-state index contributed by atoms with van der Waals surface area (Å²) in [5.74, 6) is 0. The van der Waals surface area contributed by atoms with Gasteiger partial charge in [-0.3, -0.25) is 4.57 Å². The molecule has 0 saturated heterocycles. The van der Waals surface area contributed by atoms with Crippen LogP contribution in [0.15, 0.2) is 128 Å². The molecular weight excluding hydrogens is 504 g/mol. The number of hydrogen-bond donors (Lipinski definition) is 0. The van der Waals surface area contributed by atoms with Crippen LogP contribution < -0.4 is 4.90 Å². The van der Waals surface area contributed by atoms with Crippen LogP contribution in [0.2, 0.25) is 0 Å². The molecule has 1 aliphatic rings. The van der Waals surface area contributed by atoms with Crippen LogP contribution in [0.1, 0.15) is 25.0 Å². The maximum Gasteiger partial charge on any atom is 0.418 e. The van der Waals surface area contributed by atoms with E-state index in [1.807, 2.05) is 18.2 Å². The zero-order valence-electron chi connectivity index (χ0n) is 23.3. The highest BCUT2D eigenvalue weighted by molar-refractivity contribution is 5.94. The summed E-state index contributed by atoms with van der Waals surface area (Å²) < 4.78 is 6.50. The van der Waals surface area contributed by atoms with Gasteiger partial charge >= 0.3 is 6.09 Å². The molecule has 0 atom stereocenters. The van der Waals surface area contributed by atoms with E-state index < -0.39 is 6.09 Å². The fourth-order valence-electron chi connectivity index (χ4n) is 6.24. The molecule has 7 rings (SSSR count). The first-order chi connectivity index (χ1) is 20.0. The molecule has 1 heterocycles. The maximum absolute atomic E-state index is 12.3. The minimum absolute atomic E-state index is 0.105. The Morgan fingerprint density at radius 1 is 0.659 bits per heavy atom. The summed E-state index contributed by atoms with van der Waals surface area (Å²) in [4.78, 5) is 14.6. The summed E-state index contributed by atoms with van der Waals surface area (Å²) in [6.45, 7) is 4.62. The van der Waals surface area contributed by atoms with Crippen LogP contribution in [0, 0.1) is 0 Å². The number of anilines is 3. The van der Waals surface area contributed by atoms with Gasteiger partial charge in [-0.25, -0.2) is 4.79 Å². The first-order valence-corrected chi connectivity index (χ1v) is 13.9. The average Bonchev–Trinajstić information content (AvgIpc) is 3.54. The third kappa shape index (κ3) is 4.03. The lowest BCUT2D eigenvalue weighted by molar-refractivity contribution is 0.174. The molecule has 200 valence electrons. The Bertz CT molecular complexity index is 1920. The van der Waals surface area contributed by atoms with E-state index in [2.05, 4.69) is 122 Å². The van der Waals surface area contributed by atoms with Crippen molar-refractivity contribution in [2.24, 2.45) is 0 Å².